The van der Waals surface area contributed by atoms with Gasteiger partial charge in [-0.15, -0.1) is 0 Å². The Kier molecular flexibility index (Phi) is 2.69. The minimum Gasteiger partial charge on any atom is -0.293 e. The first kappa shape index (κ1) is 9.47. The van der Waals surface area contributed by atoms with Crippen LogP contribution in [0.2, 0.25) is 0 Å². The van der Waals surface area contributed by atoms with E-state index in [1.54, 1.807) is 0 Å². The molecule has 0 saturated carbocycles. The molecule has 14 heavy (non-hydrogen) atoms. The Bertz CT molecular complexity index is 337. The molecule has 1 aromatic carbocycles. The van der Waals surface area contributed by atoms with Crippen molar-refractivity contribution < 1.29 is 0 Å². The zero-order valence-electron chi connectivity index (χ0n) is 8.90. The molecular formula is C13H17N. The van der Waals surface area contributed by atoms with E-state index < -0.39 is 0 Å². The molecule has 0 bridgehead atoms. The lowest BCUT2D eigenvalue weighted by atomic mass is 10.1. The maximum absolute atomic E-state index is 2.47. The summed E-state index contributed by atoms with van der Waals surface area (Å²) >= 11 is 0. The second-order valence-electron chi connectivity index (χ2n) is 3.65. The van der Waals surface area contributed by atoms with Crippen LogP contribution in [0.25, 0.3) is 6.08 Å². The molecule has 0 aromatic heterocycles. The van der Waals surface area contributed by atoms with E-state index in [2.05, 4.69) is 55.2 Å². The number of hydrogen-bond donors (Lipinski definition) is 0. The number of rotatable bonds is 3. The molecule has 0 heterocycles. The van der Waals surface area contributed by atoms with Gasteiger partial charge in [0.25, 0.3) is 0 Å². The van der Waals surface area contributed by atoms with Crippen molar-refractivity contribution >= 4 is 6.08 Å². The van der Waals surface area contributed by atoms with Crippen LogP contribution in [-0.2, 0) is 0 Å². The Morgan fingerprint density at radius 3 is 2.57 bits per heavy atom. The maximum Gasteiger partial charge on any atom is 0.0540 e. The SMILES string of the molecule is CCN(CC)C1C=Cc2ccccc21. The number of likely N-dealkylation sites (N-methyl/N-ethyl adjacent to an activating group) is 1. The Labute approximate surface area is 86.1 Å². The topological polar surface area (TPSA) is 3.24 Å². The van der Waals surface area contributed by atoms with Crippen molar-refractivity contribution in [3.63, 3.8) is 0 Å². The minimum atomic E-state index is 0.501. The summed E-state index contributed by atoms with van der Waals surface area (Å²) in [5, 5.41) is 0. The molecule has 0 aliphatic heterocycles. The first-order valence-electron chi connectivity index (χ1n) is 5.38. The van der Waals surface area contributed by atoms with Gasteiger partial charge in [0.15, 0.2) is 0 Å². The molecular weight excluding hydrogens is 170 g/mol. The number of fused-ring (bicyclic) bond motifs is 1. The molecule has 74 valence electrons. The highest BCUT2D eigenvalue weighted by molar-refractivity contribution is 5.61. The van der Waals surface area contributed by atoms with E-state index in [-0.39, 0.29) is 0 Å². The Morgan fingerprint density at radius 1 is 1.14 bits per heavy atom. The zero-order chi connectivity index (χ0) is 9.97. The molecule has 1 nitrogen and oxygen atoms in total. The van der Waals surface area contributed by atoms with E-state index >= 15 is 0 Å². The average Bonchev–Trinajstić information content (AvgIpc) is 2.65. The normalized spacial score (nSPS) is 18.9. The lowest BCUT2D eigenvalue weighted by Crippen LogP contribution is -2.26. The van der Waals surface area contributed by atoms with Gasteiger partial charge in [-0.1, -0.05) is 50.3 Å². The third-order valence-corrected chi connectivity index (χ3v) is 2.98. The summed E-state index contributed by atoms with van der Waals surface area (Å²) in [6.07, 6.45) is 4.54. The third kappa shape index (κ3) is 1.48. The summed E-state index contributed by atoms with van der Waals surface area (Å²) < 4.78 is 0. The fraction of sp³-hybridized carbons (Fsp3) is 0.385. The highest BCUT2D eigenvalue weighted by Gasteiger charge is 2.20. The molecule has 1 aliphatic rings. The Hall–Kier alpha value is -1.08. The summed E-state index contributed by atoms with van der Waals surface area (Å²) in [6, 6.07) is 9.16. The van der Waals surface area contributed by atoms with Gasteiger partial charge in [0.05, 0.1) is 6.04 Å². The van der Waals surface area contributed by atoms with Crippen LogP contribution in [0.4, 0.5) is 0 Å². The Balaban J connectivity index is 2.29. The smallest absolute Gasteiger partial charge is 0.0540 e. The molecule has 1 aliphatic carbocycles. The predicted octanol–water partition coefficient (Wildman–Crippen LogP) is 3.10. The fourth-order valence-corrected chi connectivity index (χ4v) is 2.17. The first-order valence-corrected chi connectivity index (χ1v) is 5.38. The van der Waals surface area contributed by atoms with E-state index in [1.807, 2.05) is 0 Å². The lowest BCUT2D eigenvalue weighted by Gasteiger charge is -2.25. The van der Waals surface area contributed by atoms with E-state index in [0.717, 1.165) is 13.1 Å². The molecule has 1 unspecified atom stereocenters. The quantitative estimate of drug-likeness (QED) is 0.703. The van der Waals surface area contributed by atoms with Crippen molar-refractivity contribution in [2.45, 2.75) is 19.9 Å². The minimum absolute atomic E-state index is 0.501. The maximum atomic E-state index is 2.47. The number of nitrogens with zero attached hydrogens (tertiary/aromatic N) is 1. The third-order valence-electron chi connectivity index (χ3n) is 2.98. The van der Waals surface area contributed by atoms with Crippen molar-refractivity contribution in [3.8, 4) is 0 Å². The monoisotopic (exact) mass is 187 g/mol. The standard InChI is InChI=1S/C13H17N/c1-3-14(4-2)13-10-9-11-7-5-6-8-12(11)13/h5-10,13H,3-4H2,1-2H3. The molecule has 1 atom stereocenters. The summed E-state index contributed by atoms with van der Waals surface area (Å²) in [5.41, 5.74) is 2.83. The number of benzene rings is 1. The molecule has 1 heteroatoms. The van der Waals surface area contributed by atoms with Crippen LogP contribution in [-0.4, -0.2) is 18.0 Å². The second-order valence-corrected chi connectivity index (χ2v) is 3.65. The van der Waals surface area contributed by atoms with Gasteiger partial charge in [0, 0.05) is 0 Å². The lowest BCUT2D eigenvalue weighted by molar-refractivity contribution is 0.259. The van der Waals surface area contributed by atoms with Gasteiger partial charge >= 0.3 is 0 Å². The van der Waals surface area contributed by atoms with Gasteiger partial charge in [-0.3, -0.25) is 4.90 Å². The van der Waals surface area contributed by atoms with Crippen molar-refractivity contribution in [1.82, 2.24) is 4.90 Å². The number of hydrogen-bond acceptors (Lipinski definition) is 1. The average molecular weight is 187 g/mol. The van der Waals surface area contributed by atoms with Crippen molar-refractivity contribution in [3.05, 3.63) is 41.5 Å². The van der Waals surface area contributed by atoms with Crippen LogP contribution in [0.5, 0.6) is 0 Å². The molecule has 0 saturated heterocycles. The van der Waals surface area contributed by atoms with E-state index in [0.29, 0.717) is 6.04 Å². The molecule has 1 aromatic rings. The molecule has 0 amide bonds. The molecule has 0 N–H and O–H groups in total. The molecule has 0 fully saturated rings. The Morgan fingerprint density at radius 2 is 1.86 bits per heavy atom. The van der Waals surface area contributed by atoms with E-state index in [1.165, 1.54) is 11.1 Å². The highest BCUT2D eigenvalue weighted by Crippen LogP contribution is 2.32. The molecule has 0 spiro atoms. The van der Waals surface area contributed by atoms with Gasteiger partial charge in [-0.25, -0.2) is 0 Å². The zero-order valence-corrected chi connectivity index (χ0v) is 8.90. The van der Waals surface area contributed by atoms with E-state index in [9.17, 15) is 0 Å². The van der Waals surface area contributed by atoms with Gasteiger partial charge < -0.3 is 0 Å². The molecule has 2 rings (SSSR count). The summed E-state index contributed by atoms with van der Waals surface area (Å²) in [4.78, 5) is 2.47. The summed E-state index contributed by atoms with van der Waals surface area (Å²) in [5.74, 6) is 0. The summed E-state index contributed by atoms with van der Waals surface area (Å²) in [6.45, 7) is 6.66. The highest BCUT2D eigenvalue weighted by atomic mass is 15.1. The predicted molar refractivity (Wildman–Crippen MR) is 61.1 cm³/mol. The van der Waals surface area contributed by atoms with Crippen LogP contribution >= 0.6 is 0 Å². The molecule has 0 radical (unpaired) electrons. The second kappa shape index (κ2) is 3.97. The van der Waals surface area contributed by atoms with Gasteiger partial charge in [-0.05, 0) is 24.2 Å². The van der Waals surface area contributed by atoms with Crippen LogP contribution in [0.3, 0.4) is 0 Å². The van der Waals surface area contributed by atoms with Crippen LogP contribution in [0, 0.1) is 0 Å². The van der Waals surface area contributed by atoms with E-state index in [4.69, 9.17) is 0 Å². The largest absolute Gasteiger partial charge is 0.293 e. The van der Waals surface area contributed by atoms with Crippen LogP contribution < -0.4 is 0 Å². The van der Waals surface area contributed by atoms with Crippen molar-refractivity contribution in [2.75, 3.05) is 13.1 Å². The fourth-order valence-electron chi connectivity index (χ4n) is 2.17. The van der Waals surface area contributed by atoms with Gasteiger partial charge in [0.2, 0.25) is 0 Å². The summed E-state index contributed by atoms with van der Waals surface area (Å²) in [7, 11) is 0. The van der Waals surface area contributed by atoms with Crippen molar-refractivity contribution in [2.24, 2.45) is 0 Å². The van der Waals surface area contributed by atoms with Crippen LogP contribution in [0.1, 0.15) is 31.0 Å². The van der Waals surface area contributed by atoms with Crippen LogP contribution in [0.15, 0.2) is 30.3 Å². The first-order chi connectivity index (χ1) is 6.86. The van der Waals surface area contributed by atoms with Gasteiger partial charge in [0.1, 0.15) is 0 Å². The van der Waals surface area contributed by atoms with Crippen molar-refractivity contribution in [1.29, 1.82) is 0 Å². The van der Waals surface area contributed by atoms with Gasteiger partial charge in [-0.2, -0.15) is 0 Å².